The Balaban J connectivity index is 1.14. The summed E-state index contributed by atoms with van der Waals surface area (Å²) in [4.78, 5) is 48.6. The number of aromatic nitrogens is 2. The average molecular weight is 626 g/mol. The standard InChI is InChI=1S/C35H44BN5O5/c1-21(2)14-26(31(42)39-20-36-45-30-18-25-17-29(34(25,3)4)35(30,5)46-36)40-32(43)27(41-33(44)28-19-37-12-13-38-28)16-22-10-11-23-8-6-7-9-24(23)15-22/h6-13,15,19,21,25-27,29-30H,14,16-18,20H2,1-5H3,(H,39,42)(H,40,43)(H,41,44)/t25-,26-,27-,29?,30+,35-/m0/s1. The van der Waals surface area contributed by atoms with E-state index in [1.54, 1.807) is 0 Å². The Morgan fingerprint density at radius 3 is 2.48 bits per heavy atom. The highest BCUT2D eigenvalue weighted by molar-refractivity contribution is 6.46. The fourth-order valence-electron chi connectivity index (χ4n) is 7.78. The van der Waals surface area contributed by atoms with E-state index in [0.29, 0.717) is 18.3 Å². The molecule has 2 bridgehead atoms. The molecule has 11 heteroatoms. The zero-order valence-corrected chi connectivity index (χ0v) is 27.3. The first-order valence-electron chi connectivity index (χ1n) is 16.4. The molecule has 6 atom stereocenters. The molecule has 1 saturated heterocycles. The number of nitrogens with one attached hydrogen (secondary N) is 3. The van der Waals surface area contributed by atoms with Crippen LogP contribution in [0.15, 0.2) is 61.1 Å². The average Bonchev–Trinajstić information content (AvgIpc) is 3.39. The van der Waals surface area contributed by atoms with Gasteiger partial charge in [-0.3, -0.25) is 19.4 Å². The Morgan fingerprint density at radius 1 is 0.978 bits per heavy atom. The molecule has 1 aliphatic heterocycles. The predicted molar refractivity (Wildman–Crippen MR) is 175 cm³/mol. The number of rotatable bonds is 11. The van der Waals surface area contributed by atoms with Gasteiger partial charge in [-0.25, -0.2) is 4.98 Å². The molecule has 3 aliphatic carbocycles. The van der Waals surface area contributed by atoms with Crippen molar-refractivity contribution >= 4 is 35.6 Å². The largest absolute Gasteiger partial charge is 0.478 e. The fraction of sp³-hybridized carbons (Fsp3) is 0.514. The van der Waals surface area contributed by atoms with Crippen molar-refractivity contribution in [2.24, 2.45) is 23.2 Å². The molecular formula is C35H44BN5O5. The van der Waals surface area contributed by atoms with Crippen LogP contribution in [0.1, 0.15) is 69.9 Å². The molecule has 3 amide bonds. The van der Waals surface area contributed by atoms with Crippen LogP contribution in [0.4, 0.5) is 0 Å². The number of hydrogen-bond donors (Lipinski definition) is 3. The lowest BCUT2D eigenvalue weighted by atomic mass is 9.43. The van der Waals surface area contributed by atoms with Crippen molar-refractivity contribution in [3.63, 3.8) is 0 Å². The summed E-state index contributed by atoms with van der Waals surface area (Å²) in [6.07, 6.45) is 7.22. The van der Waals surface area contributed by atoms with E-state index >= 15 is 0 Å². The molecule has 3 N–H and O–H groups in total. The summed E-state index contributed by atoms with van der Waals surface area (Å²) in [5.74, 6) is -0.114. The molecule has 2 heterocycles. The van der Waals surface area contributed by atoms with Gasteiger partial charge in [-0.2, -0.15) is 0 Å². The topological polar surface area (TPSA) is 132 Å². The van der Waals surface area contributed by atoms with Gasteiger partial charge >= 0.3 is 7.12 Å². The summed E-state index contributed by atoms with van der Waals surface area (Å²) in [5, 5.41) is 10.8. The molecule has 2 aromatic carbocycles. The second-order valence-electron chi connectivity index (χ2n) is 14.3. The smallest absolute Gasteiger partial charge is 0.404 e. The molecule has 0 spiro atoms. The van der Waals surface area contributed by atoms with Crippen molar-refractivity contribution in [3.05, 3.63) is 72.3 Å². The van der Waals surface area contributed by atoms with Crippen molar-refractivity contribution < 1.29 is 23.7 Å². The Labute approximate surface area is 271 Å². The first-order valence-corrected chi connectivity index (χ1v) is 16.4. The minimum atomic E-state index is -0.961. The molecule has 3 aromatic rings. The van der Waals surface area contributed by atoms with Crippen LogP contribution in [0, 0.1) is 23.2 Å². The van der Waals surface area contributed by atoms with E-state index in [9.17, 15) is 14.4 Å². The number of amides is 3. The lowest BCUT2D eigenvalue weighted by Gasteiger charge is -2.64. The van der Waals surface area contributed by atoms with Gasteiger partial charge in [0.15, 0.2) is 0 Å². The maximum Gasteiger partial charge on any atom is 0.478 e. The SMILES string of the molecule is CC(C)C[C@H](NC(=O)[C@H](Cc1ccc2ccccc2c1)NC(=O)c1cnccn1)C(=O)NCB1O[C@@H]2C[C@@H]3CC(C3(C)C)[C@]2(C)O1. The Morgan fingerprint density at radius 2 is 1.76 bits per heavy atom. The number of carbonyl (C=O) groups excluding carboxylic acids is 3. The van der Waals surface area contributed by atoms with Gasteiger partial charge in [-0.05, 0) is 65.7 Å². The van der Waals surface area contributed by atoms with Crippen molar-refractivity contribution in [1.29, 1.82) is 0 Å². The Hall–Kier alpha value is -3.83. The zero-order chi connectivity index (χ0) is 32.6. The third kappa shape index (κ3) is 6.40. The van der Waals surface area contributed by atoms with Crippen molar-refractivity contribution in [1.82, 2.24) is 25.9 Å². The first-order chi connectivity index (χ1) is 21.9. The van der Waals surface area contributed by atoms with Crippen LogP contribution in [-0.2, 0) is 25.3 Å². The number of benzene rings is 2. The van der Waals surface area contributed by atoms with Crippen molar-refractivity contribution in [2.45, 2.75) is 84.1 Å². The summed E-state index contributed by atoms with van der Waals surface area (Å²) < 4.78 is 12.8. The quantitative estimate of drug-likeness (QED) is 0.276. The molecule has 1 unspecified atom stereocenters. The molecule has 0 radical (unpaired) electrons. The lowest BCUT2D eigenvalue weighted by molar-refractivity contribution is -0.199. The summed E-state index contributed by atoms with van der Waals surface area (Å²) in [6.45, 7) is 10.8. The summed E-state index contributed by atoms with van der Waals surface area (Å²) >= 11 is 0. The van der Waals surface area contributed by atoms with Gasteiger partial charge in [0.2, 0.25) is 11.8 Å². The summed E-state index contributed by atoms with van der Waals surface area (Å²) in [5.41, 5.74) is 0.832. The molecule has 3 saturated carbocycles. The molecule has 10 nitrogen and oxygen atoms in total. The number of hydrogen-bond acceptors (Lipinski definition) is 7. The van der Waals surface area contributed by atoms with E-state index in [4.69, 9.17) is 9.31 Å². The van der Waals surface area contributed by atoms with Crippen LogP contribution in [-0.4, -0.2) is 65.0 Å². The lowest BCUT2D eigenvalue weighted by Crippen LogP contribution is -2.65. The Bertz CT molecular complexity index is 1600. The van der Waals surface area contributed by atoms with Crippen LogP contribution in [0.5, 0.6) is 0 Å². The van der Waals surface area contributed by atoms with Gasteiger partial charge < -0.3 is 25.3 Å². The highest BCUT2D eigenvalue weighted by atomic mass is 16.7. The van der Waals surface area contributed by atoms with Crippen LogP contribution in [0.25, 0.3) is 10.8 Å². The highest BCUT2D eigenvalue weighted by Crippen LogP contribution is 2.65. The van der Waals surface area contributed by atoms with Crippen LogP contribution in [0.3, 0.4) is 0 Å². The third-order valence-electron chi connectivity index (χ3n) is 10.5. The highest BCUT2D eigenvalue weighted by Gasteiger charge is 2.67. The van der Waals surface area contributed by atoms with E-state index < -0.39 is 31.0 Å². The third-order valence-corrected chi connectivity index (χ3v) is 10.5. The molecule has 1 aromatic heterocycles. The molecule has 46 heavy (non-hydrogen) atoms. The van der Waals surface area contributed by atoms with E-state index in [2.05, 4.69) is 46.7 Å². The second-order valence-corrected chi connectivity index (χ2v) is 14.3. The predicted octanol–water partition coefficient (Wildman–Crippen LogP) is 3.89. The molecule has 4 fully saturated rings. The minimum Gasteiger partial charge on any atom is -0.404 e. The molecule has 4 aliphatic rings. The number of carbonyl (C=O) groups is 3. The molecule has 7 rings (SSSR count). The maximum atomic E-state index is 13.9. The van der Waals surface area contributed by atoms with Crippen LogP contribution in [0.2, 0.25) is 0 Å². The van der Waals surface area contributed by atoms with Gasteiger partial charge in [-0.15, -0.1) is 0 Å². The van der Waals surface area contributed by atoms with Crippen molar-refractivity contribution in [3.8, 4) is 0 Å². The normalized spacial score (nSPS) is 25.7. The molecular weight excluding hydrogens is 581 g/mol. The monoisotopic (exact) mass is 625 g/mol. The number of nitrogens with zero attached hydrogens (tertiary/aromatic N) is 2. The van der Waals surface area contributed by atoms with Gasteiger partial charge in [0.1, 0.15) is 17.8 Å². The number of fused-ring (bicyclic) bond motifs is 1. The second kappa shape index (κ2) is 12.8. The van der Waals surface area contributed by atoms with Gasteiger partial charge in [0.25, 0.3) is 5.91 Å². The summed E-state index contributed by atoms with van der Waals surface area (Å²) in [6, 6.07) is 12.1. The van der Waals surface area contributed by atoms with Crippen LogP contribution >= 0.6 is 0 Å². The van der Waals surface area contributed by atoms with Crippen molar-refractivity contribution in [2.75, 3.05) is 6.44 Å². The summed E-state index contributed by atoms with van der Waals surface area (Å²) in [7, 11) is -0.545. The Kier molecular flexibility index (Phi) is 8.91. The molecule has 242 valence electrons. The maximum absolute atomic E-state index is 13.9. The van der Waals surface area contributed by atoms with E-state index in [1.807, 2.05) is 56.3 Å². The fourth-order valence-corrected chi connectivity index (χ4v) is 7.78. The minimum absolute atomic E-state index is 0.0196. The van der Waals surface area contributed by atoms with E-state index in [1.165, 1.54) is 18.6 Å². The van der Waals surface area contributed by atoms with E-state index in [-0.39, 0.29) is 47.5 Å². The van der Waals surface area contributed by atoms with Gasteiger partial charge in [0, 0.05) is 18.8 Å². The first kappa shape index (κ1) is 32.1. The van der Waals surface area contributed by atoms with Gasteiger partial charge in [-0.1, -0.05) is 70.2 Å². The van der Waals surface area contributed by atoms with Crippen LogP contribution < -0.4 is 16.0 Å². The van der Waals surface area contributed by atoms with Gasteiger partial charge in [0.05, 0.1) is 24.3 Å². The van der Waals surface area contributed by atoms with E-state index in [0.717, 1.165) is 29.2 Å². The zero-order valence-electron chi connectivity index (χ0n) is 27.3.